The summed E-state index contributed by atoms with van der Waals surface area (Å²) in [6.07, 6.45) is 9.31. The zero-order valence-electron chi connectivity index (χ0n) is 50.0. The first-order valence-electron chi connectivity index (χ1n) is 26.0. The van der Waals surface area contributed by atoms with Gasteiger partial charge in [-0.25, -0.2) is 0 Å². The Morgan fingerprint density at radius 3 is 0.589 bits per heavy atom. The largest absolute Gasteiger partial charge is 3.00 e. The maximum absolute atomic E-state index is 12.3. The topological polar surface area (TPSA) is 435 Å². The fraction of sp³-hybridized carbons (Fsp3) is 0.300. The van der Waals surface area contributed by atoms with Gasteiger partial charge in [-0.3, -0.25) is 39.8 Å². The minimum Gasteiger partial charge on any atom is -0.870 e. The second-order valence-corrected chi connectivity index (χ2v) is 17.4. The number of ether oxygens (including phenoxy) is 6. The van der Waals surface area contributed by atoms with Crippen molar-refractivity contribution in [2.24, 2.45) is 30.0 Å². The van der Waals surface area contributed by atoms with Gasteiger partial charge in [0.05, 0.1) is 87.0 Å². The Labute approximate surface area is 573 Å². The van der Waals surface area contributed by atoms with Crippen LogP contribution in [-0.4, -0.2) is 190 Å². The van der Waals surface area contributed by atoms with Gasteiger partial charge in [0.15, 0.2) is 0 Å². The molecular weight excluding hydrogens is 1410 g/mol. The molecule has 6 rings (SSSR count). The van der Waals surface area contributed by atoms with Crippen LogP contribution in [0.5, 0.6) is 69.0 Å². The van der Waals surface area contributed by atoms with Crippen molar-refractivity contribution in [1.29, 1.82) is 0 Å². The Hall–Kier alpha value is -7.79. The number of para-hydroxylation sites is 6. The number of aliphatic imine (C=N–C) groups is 6. The molecule has 90 heavy (non-hydrogen) atoms. The summed E-state index contributed by atoms with van der Waals surface area (Å²) >= 11 is 0. The molecule has 0 aliphatic heterocycles. The zero-order chi connectivity index (χ0) is 61.1. The van der Waals surface area contributed by atoms with Crippen LogP contribution in [0.3, 0.4) is 0 Å². The molecule has 0 spiro atoms. The van der Waals surface area contributed by atoms with Crippen molar-refractivity contribution in [3.63, 3.8) is 0 Å². The van der Waals surface area contributed by atoms with E-state index in [9.17, 15) is 30.6 Å². The van der Waals surface area contributed by atoms with E-state index in [-0.39, 0.29) is 157 Å². The molecule has 27 nitrogen and oxygen atoms in total. The molecular formula is C60H72N9Ni2O18Tb. The standard InChI is InChI=1S/2C30H36N4O6.NO3.2Ni.3H2O.Tb/c2*1-38-25-10-4-7-22(28(25)35)19-31-13-16-34(17-14-32-20-23-8-5-11-26(39-2)29(23)36)18-15-33-21-24-9-6-12-27(40-3)30(24)37;2-1(3)4;;;;;;/h2*4-12,19-21,35-37H,13-18H2,1-3H3;;;;3*1H2;/q;;-1;2*+2;;;;+3/p-6. The average Bonchev–Trinajstić information content (AvgIpc) is 3.64. The smallest absolute Gasteiger partial charge is 0.870 e. The first kappa shape index (κ1) is 86.4. The molecule has 0 unspecified atom stereocenters. The van der Waals surface area contributed by atoms with Crippen molar-refractivity contribution in [3.8, 4) is 69.0 Å². The van der Waals surface area contributed by atoms with E-state index in [1.165, 1.54) is 42.7 Å². The summed E-state index contributed by atoms with van der Waals surface area (Å²) in [4.78, 5) is 39.0. The number of hydrogen-bond acceptors (Lipinski definition) is 23. The van der Waals surface area contributed by atoms with Crippen molar-refractivity contribution >= 4 is 37.3 Å². The fourth-order valence-electron chi connectivity index (χ4n) is 7.61. The van der Waals surface area contributed by atoms with Crippen LogP contribution in [-0.2, 0) is 33.0 Å². The van der Waals surface area contributed by atoms with Gasteiger partial charge in [-0.05, 0) is 69.8 Å². The number of benzene rings is 6. The average molecular weight is 1480 g/mol. The molecule has 0 saturated heterocycles. The summed E-state index contributed by atoms with van der Waals surface area (Å²) in [5.41, 5.74) is 2.74. The second-order valence-electron chi connectivity index (χ2n) is 17.4. The molecule has 0 saturated carbocycles. The fourth-order valence-corrected chi connectivity index (χ4v) is 7.61. The third-order valence-corrected chi connectivity index (χ3v) is 12.0. The zero-order valence-corrected chi connectivity index (χ0v) is 54.1. The van der Waals surface area contributed by atoms with Gasteiger partial charge in [-0.2, -0.15) is 0 Å². The maximum atomic E-state index is 12.3. The van der Waals surface area contributed by atoms with Gasteiger partial charge >= 0.3 is 71.6 Å². The normalized spacial score (nSPS) is 10.7. The third-order valence-electron chi connectivity index (χ3n) is 12.0. The molecule has 6 aromatic carbocycles. The molecule has 6 N–H and O–H groups in total. The summed E-state index contributed by atoms with van der Waals surface area (Å²) in [5, 5.41) is 88.7. The van der Waals surface area contributed by atoms with E-state index in [0.29, 0.717) is 112 Å². The predicted molar refractivity (Wildman–Crippen MR) is 323 cm³/mol. The Kier molecular flexibility index (Phi) is 47.1. The molecule has 0 atom stereocenters. The summed E-state index contributed by atoms with van der Waals surface area (Å²) in [6.45, 7) is 6.27. The van der Waals surface area contributed by atoms with Crippen LogP contribution in [0, 0.1) is 53.9 Å². The van der Waals surface area contributed by atoms with Crippen molar-refractivity contribution < 1.29 is 152 Å². The summed E-state index contributed by atoms with van der Waals surface area (Å²) in [6, 6.07) is 30.3. The van der Waals surface area contributed by atoms with E-state index in [1.54, 1.807) is 146 Å². The minimum atomic E-state index is -1.75. The Morgan fingerprint density at radius 1 is 0.333 bits per heavy atom. The summed E-state index contributed by atoms with van der Waals surface area (Å²) < 4.78 is 30.5. The van der Waals surface area contributed by atoms with Crippen LogP contribution in [0.2, 0.25) is 0 Å². The Balaban J connectivity index is -0.00000149. The molecule has 0 aliphatic rings. The molecule has 494 valence electrons. The molecule has 0 radical (unpaired) electrons. The van der Waals surface area contributed by atoms with Gasteiger partial charge in [0.2, 0.25) is 0 Å². The van der Waals surface area contributed by atoms with Crippen LogP contribution >= 0.6 is 0 Å². The van der Waals surface area contributed by atoms with Crippen LogP contribution in [0.4, 0.5) is 0 Å². The quantitative estimate of drug-likeness (QED) is 0.0263. The van der Waals surface area contributed by atoms with Gasteiger partial charge < -0.3 is 90.8 Å². The summed E-state index contributed by atoms with van der Waals surface area (Å²) in [5.74, 6) is 0.393. The van der Waals surface area contributed by atoms with E-state index in [2.05, 4.69) is 39.8 Å². The van der Waals surface area contributed by atoms with Crippen LogP contribution in [0.15, 0.2) is 139 Å². The van der Waals surface area contributed by atoms with Crippen LogP contribution in [0.25, 0.3) is 0 Å². The van der Waals surface area contributed by atoms with Crippen molar-refractivity contribution in [1.82, 2.24) is 9.80 Å². The first-order chi connectivity index (χ1) is 40.7. The molecule has 0 aromatic heterocycles. The molecule has 0 aliphatic carbocycles. The number of rotatable bonds is 30. The van der Waals surface area contributed by atoms with Crippen LogP contribution in [0.1, 0.15) is 33.4 Å². The van der Waals surface area contributed by atoms with Gasteiger partial charge in [-0.1, -0.05) is 107 Å². The van der Waals surface area contributed by atoms with Gasteiger partial charge in [-0.15, -0.1) is 0 Å². The van der Waals surface area contributed by atoms with Crippen molar-refractivity contribution in [2.75, 3.05) is 121 Å². The maximum Gasteiger partial charge on any atom is 3.00 e. The number of hydrogen-bond donors (Lipinski definition) is 0. The van der Waals surface area contributed by atoms with E-state index in [4.69, 9.17) is 43.7 Å². The predicted octanol–water partition coefficient (Wildman–Crippen LogP) is 1.07. The first-order valence-corrected chi connectivity index (χ1v) is 26.0. The van der Waals surface area contributed by atoms with Gasteiger partial charge in [0.1, 0.15) is 34.5 Å². The SMILES string of the molecule is COc1cccc(C=NCCN(CCN=Cc2cccc(OC)c2[O-])CCN=Cc2cccc(OC)c2[O-])c1[O-].COc1cccc(C=NCCN(CCN=Cc2cccc(OC)c2[O-])CCN=Cc2cccc(OC)c2[O-])c1[O-].O.O.O.O=[N+]([O-])[O-].[Ni+2].[Ni+2].[Tb+3]. The van der Waals surface area contributed by atoms with E-state index in [1.807, 2.05) is 0 Å². The molecule has 0 heterocycles. The Morgan fingerprint density at radius 2 is 0.467 bits per heavy atom. The number of methoxy groups -OCH3 is 6. The molecule has 30 heteroatoms. The monoisotopic (exact) mass is 1480 g/mol. The van der Waals surface area contributed by atoms with Crippen LogP contribution < -0.4 is 59.1 Å². The van der Waals surface area contributed by atoms with Crippen molar-refractivity contribution in [3.05, 3.63) is 158 Å². The van der Waals surface area contributed by atoms with E-state index in [0.717, 1.165) is 0 Å². The van der Waals surface area contributed by atoms with E-state index >= 15 is 0 Å². The second kappa shape index (κ2) is 49.1. The number of nitrogens with zero attached hydrogens (tertiary/aromatic N) is 9. The molecule has 0 amide bonds. The van der Waals surface area contributed by atoms with E-state index < -0.39 is 5.09 Å². The minimum absolute atomic E-state index is 0. The third kappa shape index (κ3) is 29.7. The Bertz CT molecular complexity index is 2670. The van der Waals surface area contributed by atoms with Crippen molar-refractivity contribution in [2.45, 2.75) is 0 Å². The molecule has 6 aromatic rings. The molecule has 0 bridgehead atoms. The van der Waals surface area contributed by atoms with Gasteiger partial charge in [0, 0.05) is 76.6 Å². The van der Waals surface area contributed by atoms with Gasteiger partial charge in [0.25, 0.3) is 0 Å². The summed E-state index contributed by atoms with van der Waals surface area (Å²) in [7, 11) is 8.74. The molecule has 0 fully saturated rings.